The minimum atomic E-state index is -3.47. The predicted octanol–water partition coefficient (Wildman–Crippen LogP) is 1.29. The van der Waals surface area contributed by atoms with Crippen LogP contribution in [0.2, 0.25) is 0 Å². The Morgan fingerprint density at radius 2 is 1.94 bits per heavy atom. The minimum Gasteiger partial charge on any atom is -0.468 e. The summed E-state index contributed by atoms with van der Waals surface area (Å²) in [6, 6.07) is 0. The molecule has 5 nitrogen and oxygen atoms in total. The van der Waals surface area contributed by atoms with E-state index in [-0.39, 0.29) is 11.7 Å². The van der Waals surface area contributed by atoms with Crippen LogP contribution < -0.4 is 4.72 Å². The van der Waals surface area contributed by atoms with Gasteiger partial charge in [0.1, 0.15) is 5.54 Å². The number of esters is 1. The normalized spacial score (nSPS) is 15.6. The molecular formula is C11H23NO4S. The summed E-state index contributed by atoms with van der Waals surface area (Å²) >= 11 is 0. The van der Waals surface area contributed by atoms with E-state index in [4.69, 9.17) is 0 Å². The summed E-state index contributed by atoms with van der Waals surface area (Å²) in [7, 11) is -2.21. The van der Waals surface area contributed by atoms with Crippen molar-refractivity contribution in [3.8, 4) is 0 Å². The van der Waals surface area contributed by atoms with Gasteiger partial charge in [-0.05, 0) is 19.3 Å². The van der Waals surface area contributed by atoms with Crippen molar-refractivity contribution in [3.05, 3.63) is 0 Å². The number of carbonyl (C=O) groups is 1. The van der Waals surface area contributed by atoms with Gasteiger partial charge in [-0.1, -0.05) is 27.2 Å². The lowest BCUT2D eigenvalue weighted by atomic mass is 9.98. The molecule has 0 rings (SSSR count). The third kappa shape index (κ3) is 5.50. The molecule has 0 aliphatic rings. The standard InChI is InChI=1S/C11H23NO4S/c1-6-7-11(4,10(13)16-5)12-17(14,15)8-9(2)3/h9,12H,6-8H2,1-5H3. The predicted molar refractivity (Wildman–Crippen MR) is 67.1 cm³/mol. The zero-order chi connectivity index (χ0) is 13.7. The Hall–Kier alpha value is -0.620. The molecule has 0 fully saturated rings. The van der Waals surface area contributed by atoms with E-state index in [1.807, 2.05) is 20.8 Å². The lowest BCUT2D eigenvalue weighted by Crippen LogP contribution is -2.53. The number of carbonyl (C=O) groups excluding carboxylic acids is 1. The van der Waals surface area contributed by atoms with Crippen molar-refractivity contribution in [1.29, 1.82) is 0 Å². The molecule has 0 aliphatic heterocycles. The molecule has 0 aromatic heterocycles. The van der Waals surface area contributed by atoms with Crippen LogP contribution in [0.1, 0.15) is 40.5 Å². The van der Waals surface area contributed by atoms with Crippen LogP contribution >= 0.6 is 0 Å². The molecule has 1 atom stereocenters. The molecule has 0 aromatic carbocycles. The fraction of sp³-hybridized carbons (Fsp3) is 0.909. The lowest BCUT2D eigenvalue weighted by molar-refractivity contribution is -0.147. The van der Waals surface area contributed by atoms with Crippen LogP contribution in [0.25, 0.3) is 0 Å². The highest BCUT2D eigenvalue weighted by atomic mass is 32.2. The van der Waals surface area contributed by atoms with E-state index in [9.17, 15) is 13.2 Å². The summed E-state index contributed by atoms with van der Waals surface area (Å²) in [5.41, 5.74) is -1.17. The van der Waals surface area contributed by atoms with Crippen LogP contribution in [0.5, 0.6) is 0 Å². The Balaban J connectivity index is 4.94. The number of nitrogens with one attached hydrogen (secondary N) is 1. The summed E-state index contributed by atoms with van der Waals surface area (Å²) in [4.78, 5) is 11.6. The second-order valence-electron chi connectivity index (χ2n) is 4.85. The first-order valence-electron chi connectivity index (χ1n) is 5.77. The molecule has 0 aliphatic carbocycles. The van der Waals surface area contributed by atoms with E-state index in [0.717, 1.165) is 0 Å². The maximum atomic E-state index is 11.8. The summed E-state index contributed by atoms with van der Waals surface area (Å²) in [6.45, 7) is 7.07. The monoisotopic (exact) mass is 265 g/mol. The van der Waals surface area contributed by atoms with Gasteiger partial charge in [-0.15, -0.1) is 0 Å². The van der Waals surface area contributed by atoms with E-state index in [1.54, 1.807) is 6.92 Å². The van der Waals surface area contributed by atoms with Crippen molar-refractivity contribution in [2.45, 2.75) is 46.1 Å². The van der Waals surface area contributed by atoms with Gasteiger partial charge in [0, 0.05) is 0 Å². The van der Waals surface area contributed by atoms with E-state index >= 15 is 0 Å². The van der Waals surface area contributed by atoms with Gasteiger partial charge in [-0.2, -0.15) is 4.72 Å². The molecule has 1 N–H and O–H groups in total. The molecule has 17 heavy (non-hydrogen) atoms. The first kappa shape index (κ1) is 16.4. The van der Waals surface area contributed by atoms with Crippen molar-refractivity contribution in [2.24, 2.45) is 5.92 Å². The van der Waals surface area contributed by atoms with E-state index in [1.165, 1.54) is 7.11 Å². The molecule has 0 amide bonds. The third-order valence-electron chi connectivity index (χ3n) is 2.32. The molecule has 102 valence electrons. The zero-order valence-electron chi connectivity index (χ0n) is 11.2. The van der Waals surface area contributed by atoms with E-state index in [0.29, 0.717) is 12.8 Å². The average Bonchev–Trinajstić information content (AvgIpc) is 2.13. The van der Waals surface area contributed by atoms with Gasteiger partial charge in [0.25, 0.3) is 0 Å². The number of rotatable bonds is 7. The van der Waals surface area contributed by atoms with E-state index < -0.39 is 21.5 Å². The Morgan fingerprint density at radius 3 is 2.29 bits per heavy atom. The van der Waals surface area contributed by atoms with E-state index in [2.05, 4.69) is 9.46 Å². The van der Waals surface area contributed by atoms with Crippen LogP contribution in [0.15, 0.2) is 0 Å². The van der Waals surface area contributed by atoms with Gasteiger partial charge in [0.2, 0.25) is 10.0 Å². The Bertz CT molecular complexity index is 350. The molecule has 0 saturated heterocycles. The summed E-state index contributed by atoms with van der Waals surface area (Å²) in [5.74, 6) is -0.536. The lowest BCUT2D eigenvalue weighted by Gasteiger charge is -2.27. The SMILES string of the molecule is CCCC(C)(NS(=O)(=O)CC(C)C)C(=O)OC. The van der Waals surface area contributed by atoms with Crippen molar-refractivity contribution >= 4 is 16.0 Å². The summed E-state index contributed by atoms with van der Waals surface area (Å²) in [6.07, 6.45) is 1.10. The largest absolute Gasteiger partial charge is 0.468 e. The molecule has 0 aromatic rings. The van der Waals surface area contributed by atoms with Crippen LogP contribution in [0, 0.1) is 5.92 Å². The van der Waals surface area contributed by atoms with Gasteiger partial charge >= 0.3 is 5.97 Å². The maximum absolute atomic E-state index is 11.8. The maximum Gasteiger partial charge on any atom is 0.326 e. The second kappa shape index (κ2) is 6.35. The summed E-state index contributed by atoms with van der Waals surface area (Å²) < 4.78 is 30.8. The number of methoxy groups -OCH3 is 1. The smallest absolute Gasteiger partial charge is 0.326 e. The van der Waals surface area contributed by atoms with Gasteiger partial charge in [-0.3, -0.25) is 4.79 Å². The fourth-order valence-electron chi connectivity index (χ4n) is 1.74. The molecule has 0 saturated carbocycles. The first-order chi connectivity index (χ1) is 7.67. The van der Waals surface area contributed by atoms with Crippen molar-refractivity contribution in [3.63, 3.8) is 0 Å². The highest BCUT2D eigenvalue weighted by molar-refractivity contribution is 7.89. The fourth-order valence-corrected chi connectivity index (χ4v) is 3.58. The third-order valence-corrected chi connectivity index (χ3v) is 4.19. The topological polar surface area (TPSA) is 72.5 Å². The Labute approximate surface area is 104 Å². The van der Waals surface area contributed by atoms with Crippen LogP contribution in [-0.4, -0.2) is 32.8 Å². The minimum absolute atomic E-state index is 0.00327. The highest BCUT2D eigenvalue weighted by Crippen LogP contribution is 2.16. The first-order valence-corrected chi connectivity index (χ1v) is 7.42. The molecule has 0 radical (unpaired) electrons. The van der Waals surface area contributed by atoms with Crippen LogP contribution in [0.3, 0.4) is 0 Å². The number of hydrogen-bond donors (Lipinski definition) is 1. The molecule has 6 heteroatoms. The van der Waals surface area contributed by atoms with Crippen molar-refractivity contribution < 1.29 is 17.9 Å². The van der Waals surface area contributed by atoms with Gasteiger partial charge in [-0.25, -0.2) is 8.42 Å². The molecular weight excluding hydrogens is 242 g/mol. The van der Waals surface area contributed by atoms with Crippen molar-refractivity contribution in [1.82, 2.24) is 4.72 Å². The quantitative estimate of drug-likeness (QED) is 0.704. The number of ether oxygens (including phenoxy) is 1. The average molecular weight is 265 g/mol. The second-order valence-corrected chi connectivity index (χ2v) is 6.62. The molecule has 1 unspecified atom stereocenters. The number of hydrogen-bond acceptors (Lipinski definition) is 4. The molecule has 0 bridgehead atoms. The van der Waals surface area contributed by atoms with Crippen LogP contribution in [0.4, 0.5) is 0 Å². The molecule has 0 spiro atoms. The van der Waals surface area contributed by atoms with Gasteiger partial charge in [0.05, 0.1) is 12.9 Å². The Kier molecular flexibility index (Phi) is 6.12. The zero-order valence-corrected chi connectivity index (χ0v) is 12.1. The Morgan fingerprint density at radius 1 is 1.41 bits per heavy atom. The number of sulfonamides is 1. The summed E-state index contributed by atoms with van der Waals surface area (Å²) in [5, 5.41) is 0. The van der Waals surface area contributed by atoms with Gasteiger partial charge < -0.3 is 4.74 Å². The van der Waals surface area contributed by atoms with Crippen LogP contribution in [-0.2, 0) is 19.6 Å². The highest BCUT2D eigenvalue weighted by Gasteiger charge is 2.37. The van der Waals surface area contributed by atoms with Crippen molar-refractivity contribution in [2.75, 3.05) is 12.9 Å². The molecule has 0 heterocycles. The van der Waals surface area contributed by atoms with Gasteiger partial charge in [0.15, 0.2) is 0 Å².